The molecule has 1 aromatic carbocycles. The summed E-state index contributed by atoms with van der Waals surface area (Å²) >= 11 is 0. The summed E-state index contributed by atoms with van der Waals surface area (Å²) in [5, 5.41) is 7.37. The lowest BCUT2D eigenvalue weighted by Gasteiger charge is -2.27. The molecule has 0 bridgehead atoms. The van der Waals surface area contributed by atoms with Crippen LogP contribution in [0.15, 0.2) is 41.6 Å². The van der Waals surface area contributed by atoms with Crippen LogP contribution in [0.4, 0.5) is 5.69 Å². The zero-order chi connectivity index (χ0) is 16.7. The molecule has 1 aromatic heterocycles. The Morgan fingerprint density at radius 2 is 1.87 bits per heavy atom. The van der Waals surface area contributed by atoms with Crippen molar-refractivity contribution in [1.82, 2.24) is 15.1 Å². The predicted molar refractivity (Wildman–Crippen MR) is 90.1 cm³/mol. The minimum absolute atomic E-state index is 0.00628. The van der Waals surface area contributed by atoms with Crippen LogP contribution >= 0.6 is 0 Å². The number of nitrogens with one attached hydrogen (secondary N) is 2. The highest BCUT2D eigenvalue weighted by molar-refractivity contribution is 7.92. The molecule has 23 heavy (non-hydrogen) atoms. The molecule has 1 aliphatic heterocycles. The lowest BCUT2D eigenvalue weighted by molar-refractivity contribution is 0.318. The first-order chi connectivity index (χ1) is 10.8. The summed E-state index contributed by atoms with van der Waals surface area (Å²) in [5.41, 5.74) is 1.58. The Hall–Kier alpha value is -1.86. The van der Waals surface area contributed by atoms with Crippen molar-refractivity contribution in [3.63, 3.8) is 0 Å². The van der Waals surface area contributed by atoms with Gasteiger partial charge in [0.1, 0.15) is 0 Å². The molecule has 7 heteroatoms. The van der Waals surface area contributed by atoms with Crippen molar-refractivity contribution in [2.45, 2.75) is 37.1 Å². The van der Waals surface area contributed by atoms with Crippen LogP contribution < -0.4 is 10.0 Å². The standard InChI is InChI=1S/C16H22N4O2S/c1-16(2,3)12-4-6-15(7-5-12)23(21,22)19-13-8-18-20(11-13)14-9-17-10-14/h4-8,11,14,17,19H,9-10H2,1-3H3. The van der Waals surface area contributed by atoms with Crippen LogP contribution in [0, 0.1) is 0 Å². The van der Waals surface area contributed by atoms with Gasteiger partial charge in [0.25, 0.3) is 10.0 Å². The first kappa shape index (κ1) is 16.0. The van der Waals surface area contributed by atoms with Gasteiger partial charge < -0.3 is 5.32 Å². The van der Waals surface area contributed by atoms with Gasteiger partial charge in [0.05, 0.1) is 22.8 Å². The molecule has 1 fully saturated rings. The van der Waals surface area contributed by atoms with E-state index < -0.39 is 10.0 Å². The number of aromatic nitrogens is 2. The van der Waals surface area contributed by atoms with Crippen LogP contribution in [-0.2, 0) is 15.4 Å². The fourth-order valence-corrected chi connectivity index (χ4v) is 3.43. The van der Waals surface area contributed by atoms with E-state index in [2.05, 4.69) is 35.9 Å². The Morgan fingerprint density at radius 3 is 2.39 bits per heavy atom. The average molecular weight is 334 g/mol. The molecule has 0 atom stereocenters. The molecule has 0 radical (unpaired) electrons. The smallest absolute Gasteiger partial charge is 0.261 e. The number of anilines is 1. The van der Waals surface area contributed by atoms with Crippen LogP contribution in [0.2, 0.25) is 0 Å². The van der Waals surface area contributed by atoms with E-state index in [1.54, 1.807) is 29.2 Å². The number of sulfonamides is 1. The summed E-state index contributed by atoms with van der Waals surface area (Å²) in [6, 6.07) is 7.31. The third kappa shape index (κ3) is 3.40. The van der Waals surface area contributed by atoms with Gasteiger partial charge in [0.2, 0.25) is 0 Å². The highest BCUT2D eigenvalue weighted by Crippen LogP contribution is 2.24. The van der Waals surface area contributed by atoms with Crippen LogP contribution in [-0.4, -0.2) is 31.3 Å². The monoisotopic (exact) mass is 334 g/mol. The van der Waals surface area contributed by atoms with E-state index >= 15 is 0 Å². The molecule has 2 heterocycles. The average Bonchev–Trinajstić information content (AvgIpc) is 2.83. The summed E-state index contributed by atoms with van der Waals surface area (Å²) in [5.74, 6) is 0. The van der Waals surface area contributed by atoms with E-state index in [0.29, 0.717) is 11.7 Å². The molecule has 124 valence electrons. The summed E-state index contributed by atoms with van der Waals surface area (Å²) in [4.78, 5) is 0.253. The minimum Gasteiger partial charge on any atom is -0.312 e. The van der Waals surface area contributed by atoms with Gasteiger partial charge in [-0.2, -0.15) is 5.10 Å². The summed E-state index contributed by atoms with van der Waals surface area (Å²) in [6.07, 6.45) is 3.27. The zero-order valence-corrected chi connectivity index (χ0v) is 14.4. The number of hydrogen-bond donors (Lipinski definition) is 2. The molecular weight excluding hydrogens is 312 g/mol. The van der Waals surface area contributed by atoms with Gasteiger partial charge >= 0.3 is 0 Å². The first-order valence-corrected chi connectivity index (χ1v) is 9.12. The highest BCUT2D eigenvalue weighted by atomic mass is 32.2. The quantitative estimate of drug-likeness (QED) is 0.898. The van der Waals surface area contributed by atoms with Gasteiger partial charge in [-0.3, -0.25) is 9.40 Å². The molecule has 2 aromatic rings. The van der Waals surface area contributed by atoms with Crippen LogP contribution in [0.5, 0.6) is 0 Å². The minimum atomic E-state index is -3.60. The van der Waals surface area contributed by atoms with E-state index in [1.165, 1.54) is 0 Å². The maximum absolute atomic E-state index is 12.5. The van der Waals surface area contributed by atoms with Crippen molar-refractivity contribution >= 4 is 15.7 Å². The topological polar surface area (TPSA) is 76.0 Å². The van der Waals surface area contributed by atoms with Crippen molar-refractivity contribution in [1.29, 1.82) is 0 Å². The number of rotatable bonds is 4. The van der Waals surface area contributed by atoms with E-state index in [-0.39, 0.29) is 10.3 Å². The highest BCUT2D eigenvalue weighted by Gasteiger charge is 2.21. The van der Waals surface area contributed by atoms with E-state index in [0.717, 1.165) is 18.7 Å². The molecular formula is C16H22N4O2S. The predicted octanol–water partition coefficient (Wildman–Crippen LogP) is 2.13. The van der Waals surface area contributed by atoms with E-state index in [9.17, 15) is 8.42 Å². The lowest BCUT2D eigenvalue weighted by Crippen LogP contribution is -2.43. The zero-order valence-electron chi connectivity index (χ0n) is 13.6. The van der Waals surface area contributed by atoms with Crippen molar-refractivity contribution in [3.8, 4) is 0 Å². The van der Waals surface area contributed by atoms with Crippen molar-refractivity contribution < 1.29 is 8.42 Å². The molecule has 0 amide bonds. The van der Waals surface area contributed by atoms with Gasteiger partial charge in [-0.25, -0.2) is 8.42 Å². The SMILES string of the molecule is CC(C)(C)c1ccc(S(=O)(=O)Nc2cnn(C3CNC3)c2)cc1. The number of hydrogen-bond acceptors (Lipinski definition) is 4. The van der Waals surface area contributed by atoms with Crippen LogP contribution in [0.3, 0.4) is 0 Å². The van der Waals surface area contributed by atoms with Crippen molar-refractivity contribution in [3.05, 3.63) is 42.2 Å². The maximum Gasteiger partial charge on any atom is 0.261 e. The van der Waals surface area contributed by atoms with E-state index in [4.69, 9.17) is 0 Å². The summed E-state index contributed by atoms with van der Waals surface area (Å²) in [6.45, 7) is 8.01. The molecule has 1 saturated heterocycles. The Bertz CT molecular complexity index is 784. The van der Waals surface area contributed by atoms with Gasteiger partial charge in [-0.1, -0.05) is 32.9 Å². The third-order valence-corrected chi connectivity index (χ3v) is 5.42. The molecule has 0 saturated carbocycles. The Morgan fingerprint density at radius 1 is 1.22 bits per heavy atom. The Kier molecular flexibility index (Phi) is 3.93. The van der Waals surface area contributed by atoms with Gasteiger partial charge in [0, 0.05) is 19.3 Å². The number of benzene rings is 1. The molecule has 1 aliphatic rings. The fraction of sp³-hybridized carbons (Fsp3) is 0.438. The Balaban J connectivity index is 1.77. The molecule has 6 nitrogen and oxygen atoms in total. The number of nitrogens with zero attached hydrogens (tertiary/aromatic N) is 2. The van der Waals surface area contributed by atoms with Crippen LogP contribution in [0.1, 0.15) is 32.4 Å². The third-order valence-electron chi connectivity index (χ3n) is 4.02. The fourth-order valence-electron chi connectivity index (χ4n) is 2.40. The molecule has 3 rings (SSSR count). The second kappa shape index (κ2) is 5.65. The van der Waals surface area contributed by atoms with Crippen molar-refractivity contribution in [2.75, 3.05) is 17.8 Å². The second-order valence-electron chi connectivity index (χ2n) is 6.90. The summed E-state index contributed by atoms with van der Waals surface area (Å²) in [7, 11) is -3.60. The second-order valence-corrected chi connectivity index (χ2v) is 8.58. The maximum atomic E-state index is 12.5. The van der Waals surface area contributed by atoms with Gasteiger partial charge in [0.15, 0.2) is 0 Å². The van der Waals surface area contributed by atoms with Crippen LogP contribution in [0.25, 0.3) is 0 Å². The van der Waals surface area contributed by atoms with E-state index in [1.807, 2.05) is 12.1 Å². The normalized spacial score (nSPS) is 16.1. The first-order valence-electron chi connectivity index (χ1n) is 7.64. The molecule has 0 spiro atoms. The Labute approximate surface area is 137 Å². The largest absolute Gasteiger partial charge is 0.312 e. The summed E-state index contributed by atoms with van der Waals surface area (Å²) < 4.78 is 29.3. The molecule has 0 aliphatic carbocycles. The lowest BCUT2D eigenvalue weighted by atomic mass is 9.87. The van der Waals surface area contributed by atoms with Gasteiger partial charge in [-0.05, 0) is 23.1 Å². The van der Waals surface area contributed by atoms with Gasteiger partial charge in [-0.15, -0.1) is 0 Å². The van der Waals surface area contributed by atoms with Crippen molar-refractivity contribution in [2.24, 2.45) is 0 Å². The molecule has 0 unspecified atom stereocenters. The molecule has 2 N–H and O–H groups in total.